The second kappa shape index (κ2) is 5.64. The Morgan fingerprint density at radius 3 is 2.71 bits per heavy atom. The molecule has 5 nitrogen and oxygen atoms in total. The van der Waals surface area contributed by atoms with Gasteiger partial charge in [0.2, 0.25) is 0 Å². The maximum Gasteiger partial charge on any atom is 0.332 e. The van der Waals surface area contributed by atoms with E-state index in [1.54, 1.807) is 0 Å². The van der Waals surface area contributed by atoms with Gasteiger partial charge in [-0.1, -0.05) is 6.07 Å². The molecule has 0 atom stereocenters. The average molecular weight is 238 g/mol. The van der Waals surface area contributed by atoms with Crippen molar-refractivity contribution in [2.24, 2.45) is 5.73 Å². The molecule has 90 valence electrons. The lowest BCUT2D eigenvalue weighted by molar-refractivity contribution is -0.135. The number of anilines is 1. The number of nitrogens with two attached hydrogens (primary N) is 1. The third-order valence-electron chi connectivity index (χ3n) is 1.83. The Kier molecular flexibility index (Phi) is 4.21. The number of primary amides is 1. The summed E-state index contributed by atoms with van der Waals surface area (Å²) in [5.74, 6) is -2.06. The number of esters is 1. The number of nitrogens with one attached hydrogen (secondary N) is 1. The van der Waals surface area contributed by atoms with E-state index in [0.717, 1.165) is 12.1 Å². The van der Waals surface area contributed by atoms with E-state index in [-0.39, 0.29) is 5.70 Å². The molecule has 0 radical (unpaired) electrons. The molecule has 0 aliphatic heterocycles. The number of rotatable bonds is 4. The summed E-state index contributed by atoms with van der Waals surface area (Å²) in [6.45, 7) is 0. The minimum absolute atomic E-state index is 0.178. The smallest absolute Gasteiger partial charge is 0.332 e. The summed E-state index contributed by atoms with van der Waals surface area (Å²) in [5.41, 5.74) is 5.18. The number of hydrogen-bond acceptors (Lipinski definition) is 4. The summed E-state index contributed by atoms with van der Waals surface area (Å²) in [6, 6.07) is 5.39. The molecule has 1 aromatic rings. The van der Waals surface area contributed by atoms with E-state index in [0.29, 0.717) is 5.69 Å². The highest BCUT2D eigenvalue weighted by atomic mass is 19.1. The molecule has 0 aliphatic carbocycles. The Morgan fingerprint density at radius 1 is 1.47 bits per heavy atom. The lowest BCUT2D eigenvalue weighted by Gasteiger charge is -2.07. The molecule has 0 heterocycles. The minimum atomic E-state index is -0.848. The monoisotopic (exact) mass is 238 g/mol. The molecule has 0 fully saturated rings. The van der Waals surface area contributed by atoms with Crippen LogP contribution in [0, 0.1) is 5.82 Å². The van der Waals surface area contributed by atoms with Crippen LogP contribution in [-0.4, -0.2) is 19.0 Å². The van der Waals surface area contributed by atoms with Gasteiger partial charge in [-0.2, -0.15) is 0 Å². The van der Waals surface area contributed by atoms with Crippen LogP contribution in [0.2, 0.25) is 0 Å². The topological polar surface area (TPSA) is 81.4 Å². The van der Waals surface area contributed by atoms with Gasteiger partial charge in [0.25, 0.3) is 5.91 Å². The van der Waals surface area contributed by atoms with Crippen molar-refractivity contribution in [3.05, 3.63) is 41.9 Å². The average Bonchev–Trinajstić information content (AvgIpc) is 2.27. The largest absolute Gasteiger partial charge is 0.466 e. The number of carbonyl (C=O) groups excluding carboxylic acids is 2. The molecule has 0 saturated heterocycles. The Bertz CT molecular complexity index is 472. The number of halogens is 1. The fourth-order valence-electron chi connectivity index (χ4n) is 1.07. The standard InChI is InChI=1S/C11H11FN2O3/c1-17-10(15)6-9(11(13)16)14-8-4-2-3-7(12)5-8/h2-6,14H,1H3,(H2,13,16)/b9-6-. The van der Waals surface area contributed by atoms with Crippen molar-refractivity contribution >= 4 is 17.6 Å². The van der Waals surface area contributed by atoms with Crippen molar-refractivity contribution in [1.29, 1.82) is 0 Å². The van der Waals surface area contributed by atoms with Gasteiger partial charge in [-0.15, -0.1) is 0 Å². The van der Waals surface area contributed by atoms with Crippen LogP contribution in [0.25, 0.3) is 0 Å². The van der Waals surface area contributed by atoms with E-state index in [2.05, 4.69) is 10.1 Å². The summed E-state index contributed by atoms with van der Waals surface area (Å²) in [5, 5.41) is 2.53. The van der Waals surface area contributed by atoms with Crippen LogP contribution in [0.1, 0.15) is 0 Å². The Labute approximate surface area is 97.1 Å². The number of carbonyl (C=O) groups is 2. The van der Waals surface area contributed by atoms with Crippen molar-refractivity contribution in [2.45, 2.75) is 0 Å². The highest BCUT2D eigenvalue weighted by Gasteiger charge is 2.08. The van der Waals surface area contributed by atoms with Crippen LogP contribution in [0.15, 0.2) is 36.0 Å². The third-order valence-corrected chi connectivity index (χ3v) is 1.83. The highest BCUT2D eigenvalue weighted by Crippen LogP contribution is 2.11. The van der Waals surface area contributed by atoms with E-state index < -0.39 is 17.7 Å². The summed E-state index contributed by atoms with van der Waals surface area (Å²) in [4.78, 5) is 22.0. The van der Waals surface area contributed by atoms with Crippen molar-refractivity contribution in [2.75, 3.05) is 12.4 Å². The SMILES string of the molecule is COC(=O)/C=C(\Nc1cccc(F)c1)C(N)=O. The molecular weight excluding hydrogens is 227 g/mol. The van der Waals surface area contributed by atoms with Gasteiger partial charge in [-0.05, 0) is 18.2 Å². The van der Waals surface area contributed by atoms with E-state index in [1.807, 2.05) is 0 Å². The zero-order chi connectivity index (χ0) is 12.8. The Morgan fingerprint density at radius 2 is 2.18 bits per heavy atom. The van der Waals surface area contributed by atoms with Gasteiger partial charge >= 0.3 is 5.97 Å². The molecule has 17 heavy (non-hydrogen) atoms. The zero-order valence-electron chi connectivity index (χ0n) is 9.07. The first kappa shape index (κ1) is 12.7. The maximum absolute atomic E-state index is 12.9. The van der Waals surface area contributed by atoms with Crippen molar-refractivity contribution in [1.82, 2.24) is 0 Å². The van der Waals surface area contributed by atoms with Crippen molar-refractivity contribution < 1.29 is 18.7 Å². The first-order valence-electron chi connectivity index (χ1n) is 4.65. The molecule has 1 aromatic carbocycles. The lowest BCUT2D eigenvalue weighted by atomic mass is 10.3. The van der Waals surface area contributed by atoms with Gasteiger partial charge in [0.15, 0.2) is 0 Å². The second-order valence-corrected chi connectivity index (χ2v) is 3.08. The highest BCUT2D eigenvalue weighted by molar-refractivity contribution is 6.00. The molecule has 0 spiro atoms. The molecule has 0 bridgehead atoms. The van der Waals surface area contributed by atoms with E-state index in [9.17, 15) is 14.0 Å². The molecule has 1 amide bonds. The predicted molar refractivity (Wildman–Crippen MR) is 59.3 cm³/mol. The number of amides is 1. The summed E-state index contributed by atoms with van der Waals surface area (Å²) < 4.78 is 17.2. The molecule has 0 aromatic heterocycles. The summed E-state index contributed by atoms with van der Waals surface area (Å²) >= 11 is 0. The van der Waals surface area contributed by atoms with Crippen LogP contribution in [-0.2, 0) is 14.3 Å². The third kappa shape index (κ3) is 3.94. The first-order chi connectivity index (χ1) is 8.02. The summed E-state index contributed by atoms with van der Waals surface area (Å²) in [6.07, 6.45) is 0.896. The maximum atomic E-state index is 12.9. The van der Waals surface area contributed by atoms with Crippen molar-refractivity contribution in [3.63, 3.8) is 0 Å². The van der Waals surface area contributed by atoms with E-state index in [1.165, 1.54) is 25.3 Å². The fourth-order valence-corrected chi connectivity index (χ4v) is 1.07. The van der Waals surface area contributed by atoms with Gasteiger partial charge in [-0.3, -0.25) is 4.79 Å². The van der Waals surface area contributed by atoms with Crippen LogP contribution in [0.3, 0.4) is 0 Å². The second-order valence-electron chi connectivity index (χ2n) is 3.08. The van der Waals surface area contributed by atoms with Gasteiger partial charge < -0.3 is 15.8 Å². The number of methoxy groups -OCH3 is 1. The molecule has 0 saturated carbocycles. The predicted octanol–water partition coefficient (Wildman–Crippen LogP) is 0.780. The molecule has 3 N–H and O–H groups in total. The van der Waals surface area contributed by atoms with Crippen LogP contribution >= 0.6 is 0 Å². The zero-order valence-corrected chi connectivity index (χ0v) is 9.07. The van der Waals surface area contributed by atoms with Crippen LogP contribution < -0.4 is 11.1 Å². The van der Waals surface area contributed by atoms with Crippen LogP contribution in [0.4, 0.5) is 10.1 Å². The lowest BCUT2D eigenvalue weighted by Crippen LogP contribution is -2.21. The number of ether oxygens (including phenoxy) is 1. The van der Waals surface area contributed by atoms with Gasteiger partial charge in [0, 0.05) is 5.69 Å². The Balaban J connectivity index is 2.92. The number of benzene rings is 1. The Hall–Kier alpha value is -2.37. The quantitative estimate of drug-likeness (QED) is 0.600. The fraction of sp³-hybridized carbons (Fsp3) is 0.0909. The van der Waals surface area contributed by atoms with E-state index in [4.69, 9.17) is 5.73 Å². The molecule has 0 unspecified atom stereocenters. The molecule has 6 heteroatoms. The molecule has 1 rings (SSSR count). The summed E-state index contributed by atoms with van der Waals surface area (Å²) in [7, 11) is 1.17. The van der Waals surface area contributed by atoms with Crippen molar-refractivity contribution in [3.8, 4) is 0 Å². The normalized spacial score (nSPS) is 10.8. The number of hydrogen-bond donors (Lipinski definition) is 2. The minimum Gasteiger partial charge on any atom is -0.466 e. The molecular formula is C11H11FN2O3. The first-order valence-corrected chi connectivity index (χ1v) is 4.65. The van der Waals surface area contributed by atoms with Crippen LogP contribution in [0.5, 0.6) is 0 Å². The van der Waals surface area contributed by atoms with E-state index >= 15 is 0 Å². The van der Waals surface area contributed by atoms with Gasteiger partial charge in [0.1, 0.15) is 11.5 Å². The molecule has 0 aliphatic rings. The van der Waals surface area contributed by atoms with Gasteiger partial charge in [0.05, 0.1) is 13.2 Å². The van der Waals surface area contributed by atoms with Gasteiger partial charge in [-0.25, -0.2) is 9.18 Å².